The minimum atomic E-state index is -0.595. The van der Waals surface area contributed by atoms with Crippen LogP contribution >= 0.6 is 15.9 Å². The van der Waals surface area contributed by atoms with Gasteiger partial charge in [-0.1, -0.05) is 22.5 Å². The maximum Gasteiger partial charge on any atom is 0.240 e. The molecule has 3 N–H and O–H groups in total. The van der Waals surface area contributed by atoms with E-state index in [1.807, 2.05) is 0 Å². The van der Waals surface area contributed by atoms with Crippen LogP contribution in [0.1, 0.15) is 19.3 Å². The summed E-state index contributed by atoms with van der Waals surface area (Å²) in [6.07, 6.45) is 2.65. The third kappa shape index (κ3) is 2.08. The van der Waals surface area contributed by atoms with Gasteiger partial charge in [0.1, 0.15) is 0 Å². The molecule has 1 rings (SSSR count). The van der Waals surface area contributed by atoms with Gasteiger partial charge in [-0.3, -0.25) is 4.79 Å². The minimum Gasteiger partial charge on any atom is -0.350 e. The molecule has 1 aliphatic carbocycles. The zero-order valence-electron chi connectivity index (χ0n) is 6.90. The zero-order valence-corrected chi connectivity index (χ0v) is 8.49. The highest BCUT2D eigenvalue weighted by Crippen LogP contribution is 2.28. The summed E-state index contributed by atoms with van der Waals surface area (Å²) in [5, 5.41) is 2.71. The van der Waals surface area contributed by atoms with Gasteiger partial charge < -0.3 is 11.1 Å². The summed E-state index contributed by atoms with van der Waals surface area (Å²) in [7, 11) is 0. The number of rotatable bonds is 3. The number of carbonyl (C=O) groups excluding carboxylic acids is 1. The molecule has 0 bridgehead atoms. The van der Waals surface area contributed by atoms with E-state index in [0.29, 0.717) is 6.54 Å². The highest BCUT2D eigenvalue weighted by atomic mass is 79.9. The van der Waals surface area contributed by atoms with Crippen LogP contribution in [0.15, 0.2) is 11.1 Å². The Balaban J connectivity index is 2.33. The Morgan fingerprint density at radius 1 is 1.67 bits per heavy atom. The fourth-order valence-electron chi connectivity index (χ4n) is 1.14. The molecule has 0 saturated heterocycles. The van der Waals surface area contributed by atoms with E-state index >= 15 is 0 Å². The van der Waals surface area contributed by atoms with Crippen molar-refractivity contribution in [1.82, 2.24) is 5.32 Å². The smallest absolute Gasteiger partial charge is 0.240 e. The van der Waals surface area contributed by atoms with Gasteiger partial charge in [0, 0.05) is 11.0 Å². The molecular formula is C8H13BrN2O. The molecule has 0 radical (unpaired) electrons. The van der Waals surface area contributed by atoms with Crippen LogP contribution in [0.5, 0.6) is 0 Å². The van der Waals surface area contributed by atoms with E-state index in [1.165, 1.54) is 0 Å². The largest absolute Gasteiger partial charge is 0.350 e. The van der Waals surface area contributed by atoms with Crippen LogP contribution in [-0.4, -0.2) is 18.0 Å². The third-order valence-electron chi connectivity index (χ3n) is 2.14. The van der Waals surface area contributed by atoms with E-state index in [2.05, 4.69) is 27.8 Å². The first-order chi connectivity index (χ1) is 5.54. The van der Waals surface area contributed by atoms with Crippen LogP contribution < -0.4 is 11.1 Å². The van der Waals surface area contributed by atoms with Gasteiger partial charge in [-0.15, -0.1) is 0 Å². The van der Waals surface area contributed by atoms with Crippen molar-refractivity contribution in [1.29, 1.82) is 0 Å². The standard InChI is InChI=1S/C8H13BrN2O/c1-6(9)5-11-7(12)8(10)3-2-4-8/h1-5,10H2,(H,11,12). The van der Waals surface area contributed by atoms with E-state index in [9.17, 15) is 4.79 Å². The lowest BCUT2D eigenvalue weighted by Gasteiger charge is -2.36. The second-order valence-electron chi connectivity index (χ2n) is 3.21. The van der Waals surface area contributed by atoms with Gasteiger partial charge in [-0.05, 0) is 19.3 Å². The molecule has 0 unspecified atom stereocenters. The quantitative estimate of drug-likeness (QED) is 0.760. The van der Waals surface area contributed by atoms with Crippen molar-refractivity contribution in [2.45, 2.75) is 24.8 Å². The molecule has 0 aromatic rings. The molecule has 12 heavy (non-hydrogen) atoms. The van der Waals surface area contributed by atoms with Gasteiger partial charge in [0.05, 0.1) is 5.54 Å². The van der Waals surface area contributed by atoms with Gasteiger partial charge in [-0.2, -0.15) is 0 Å². The zero-order chi connectivity index (χ0) is 9.19. The average Bonchev–Trinajstić information content (AvgIpc) is 1.95. The number of hydrogen-bond acceptors (Lipinski definition) is 2. The Hall–Kier alpha value is -0.350. The van der Waals surface area contributed by atoms with Crippen molar-refractivity contribution >= 4 is 21.8 Å². The van der Waals surface area contributed by atoms with E-state index in [1.54, 1.807) is 0 Å². The van der Waals surface area contributed by atoms with Crippen LogP contribution in [0.3, 0.4) is 0 Å². The fraction of sp³-hybridized carbons (Fsp3) is 0.625. The van der Waals surface area contributed by atoms with Gasteiger partial charge in [0.2, 0.25) is 5.91 Å². The molecule has 1 amide bonds. The normalized spacial score (nSPS) is 19.5. The molecule has 1 saturated carbocycles. The number of carbonyl (C=O) groups is 1. The number of nitrogens with two attached hydrogens (primary N) is 1. The molecular weight excluding hydrogens is 220 g/mol. The van der Waals surface area contributed by atoms with Crippen LogP contribution in [0.2, 0.25) is 0 Å². The van der Waals surface area contributed by atoms with Crippen molar-refractivity contribution in [3.63, 3.8) is 0 Å². The topological polar surface area (TPSA) is 55.1 Å². The SMILES string of the molecule is C=C(Br)CNC(=O)C1(N)CCC1. The summed E-state index contributed by atoms with van der Waals surface area (Å²) in [6, 6.07) is 0. The predicted octanol–water partition coefficient (Wildman–Crippen LogP) is 0.893. The average molecular weight is 233 g/mol. The molecule has 4 heteroatoms. The molecule has 0 aromatic carbocycles. The monoisotopic (exact) mass is 232 g/mol. The number of halogens is 1. The van der Waals surface area contributed by atoms with Crippen LogP contribution in [0, 0.1) is 0 Å². The van der Waals surface area contributed by atoms with Gasteiger partial charge in [0.25, 0.3) is 0 Å². The highest BCUT2D eigenvalue weighted by Gasteiger charge is 2.39. The fourth-order valence-corrected chi connectivity index (χ4v) is 1.28. The Kier molecular flexibility index (Phi) is 2.90. The lowest BCUT2D eigenvalue weighted by molar-refractivity contribution is -0.129. The molecule has 0 atom stereocenters. The second kappa shape index (κ2) is 3.58. The van der Waals surface area contributed by atoms with E-state index in [4.69, 9.17) is 5.73 Å². The van der Waals surface area contributed by atoms with E-state index in [0.717, 1.165) is 23.7 Å². The third-order valence-corrected chi connectivity index (χ3v) is 2.42. The maximum absolute atomic E-state index is 11.4. The van der Waals surface area contributed by atoms with Crippen molar-refractivity contribution in [3.05, 3.63) is 11.1 Å². The predicted molar refractivity (Wildman–Crippen MR) is 51.8 cm³/mol. The molecule has 0 spiro atoms. The van der Waals surface area contributed by atoms with Crippen LogP contribution in [0.25, 0.3) is 0 Å². The van der Waals surface area contributed by atoms with E-state index < -0.39 is 5.54 Å². The minimum absolute atomic E-state index is 0.0608. The first-order valence-corrected chi connectivity index (χ1v) is 4.74. The van der Waals surface area contributed by atoms with Crippen LogP contribution in [0.4, 0.5) is 0 Å². The Morgan fingerprint density at radius 3 is 2.58 bits per heavy atom. The van der Waals surface area contributed by atoms with Crippen LogP contribution in [-0.2, 0) is 4.79 Å². The molecule has 68 valence electrons. The van der Waals surface area contributed by atoms with Crippen molar-refractivity contribution in [3.8, 4) is 0 Å². The Morgan fingerprint density at radius 2 is 2.25 bits per heavy atom. The molecule has 0 aromatic heterocycles. The molecule has 3 nitrogen and oxygen atoms in total. The van der Waals surface area contributed by atoms with Crippen molar-refractivity contribution in [2.75, 3.05) is 6.54 Å². The molecule has 1 fully saturated rings. The summed E-state index contributed by atoms with van der Waals surface area (Å²) in [5.41, 5.74) is 5.18. The molecule has 0 aliphatic heterocycles. The van der Waals surface area contributed by atoms with Crippen molar-refractivity contribution < 1.29 is 4.79 Å². The van der Waals surface area contributed by atoms with Gasteiger partial charge >= 0.3 is 0 Å². The molecule has 1 aliphatic rings. The summed E-state index contributed by atoms with van der Waals surface area (Å²) in [6.45, 7) is 4.07. The summed E-state index contributed by atoms with van der Waals surface area (Å²) < 4.78 is 0.763. The van der Waals surface area contributed by atoms with Crippen molar-refractivity contribution in [2.24, 2.45) is 5.73 Å². The maximum atomic E-state index is 11.4. The first-order valence-electron chi connectivity index (χ1n) is 3.95. The highest BCUT2D eigenvalue weighted by molar-refractivity contribution is 9.11. The number of amides is 1. The number of nitrogens with one attached hydrogen (secondary N) is 1. The first kappa shape index (κ1) is 9.74. The van der Waals surface area contributed by atoms with Gasteiger partial charge in [0.15, 0.2) is 0 Å². The number of hydrogen-bond donors (Lipinski definition) is 2. The summed E-state index contributed by atoms with van der Waals surface area (Å²) in [4.78, 5) is 11.4. The lowest BCUT2D eigenvalue weighted by atomic mass is 9.77. The van der Waals surface area contributed by atoms with E-state index in [-0.39, 0.29) is 5.91 Å². The van der Waals surface area contributed by atoms with Gasteiger partial charge in [-0.25, -0.2) is 0 Å². The lowest BCUT2D eigenvalue weighted by Crippen LogP contribution is -2.58. The Bertz CT molecular complexity index is 211. The molecule has 0 heterocycles. The second-order valence-corrected chi connectivity index (χ2v) is 4.33. The Labute approximate surface area is 80.5 Å². The summed E-state index contributed by atoms with van der Waals surface area (Å²) in [5.74, 6) is -0.0608. The summed E-state index contributed by atoms with van der Waals surface area (Å²) >= 11 is 3.16.